The third kappa shape index (κ3) is 5.15. The number of para-hydroxylation sites is 1. The lowest BCUT2D eigenvalue weighted by Crippen LogP contribution is -2.47. The van der Waals surface area contributed by atoms with Gasteiger partial charge in [0.25, 0.3) is 0 Å². The maximum atomic E-state index is 6.03. The Hall–Kier alpha value is -1.70. The number of guanidine groups is 1. The van der Waals surface area contributed by atoms with Crippen molar-refractivity contribution < 1.29 is 9.15 Å². The summed E-state index contributed by atoms with van der Waals surface area (Å²) in [6, 6.07) is 13.9. The molecule has 3 rings (SSSR count). The molecule has 2 heterocycles. The van der Waals surface area contributed by atoms with Crippen molar-refractivity contribution in [2.75, 3.05) is 20.1 Å². The molecule has 1 fully saturated rings. The molecule has 1 aromatic carbocycles. The Balaban J connectivity index is 0.00000208. The van der Waals surface area contributed by atoms with Crippen molar-refractivity contribution in [3.05, 3.63) is 54.5 Å². The van der Waals surface area contributed by atoms with Crippen LogP contribution in [-0.4, -0.2) is 37.1 Å². The van der Waals surface area contributed by atoms with Gasteiger partial charge in [0.1, 0.15) is 17.6 Å². The van der Waals surface area contributed by atoms with E-state index in [0.29, 0.717) is 6.54 Å². The number of rotatable bonds is 4. The van der Waals surface area contributed by atoms with Crippen molar-refractivity contribution in [3.63, 3.8) is 0 Å². The van der Waals surface area contributed by atoms with E-state index >= 15 is 0 Å². The van der Waals surface area contributed by atoms with Gasteiger partial charge in [-0.2, -0.15) is 0 Å². The molecule has 1 aliphatic heterocycles. The van der Waals surface area contributed by atoms with E-state index in [1.54, 1.807) is 6.26 Å². The molecule has 0 amide bonds. The summed E-state index contributed by atoms with van der Waals surface area (Å²) >= 11 is 0. The van der Waals surface area contributed by atoms with Crippen LogP contribution in [-0.2, 0) is 6.54 Å². The van der Waals surface area contributed by atoms with Crippen molar-refractivity contribution in [1.82, 2.24) is 10.2 Å². The van der Waals surface area contributed by atoms with Gasteiger partial charge >= 0.3 is 0 Å². The van der Waals surface area contributed by atoms with Crippen LogP contribution in [0, 0.1) is 0 Å². The first kappa shape index (κ1) is 18.6. The first-order valence-corrected chi connectivity index (χ1v) is 8.05. The van der Waals surface area contributed by atoms with Crippen LogP contribution >= 0.6 is 24.0 Å². The number of furan rings is 1. The molecule has 24 heavy (non-hydrogen) atoms. The molecule has 1 N–H and O–H groups in total. The summed E-state index contributed by atoms with van der Waals surface area (Å²) in [6.45, 7) is 2.53. The first-order valence-electron chi connectivity index (χ1n) is 8.05. The molecule has 130 valence electrons. The average molecular weight is 441 g/mol. The minimum atomic E-state index is 0. The van der Waals surface area contributed by atoms with Crippen LogP contribution in [0.4, 0.5) is 0 Å². The Bertz CT molecular complexity index is 608. The zero-order valence-electron chi connectivity index (χ0n) is 13.9. The largest absolute Gasteiger partial charge is 0.490 e. The summed E-state index contributed by atoms with van der Waals surface area (Å²) in [4.78, 5) is 6.64. The highest BCUT2D eigenvalue weighted by Gasteiger charge is 2.22. The number of halogens is 1. The molecule has 6 heteroatoms. The Labute approximate surface area is 160 Å². The Morgan fingerprint density at radius 1 is 1.21 bits per heavy atom. The van der Waals surface area contributed by atoms with E-state index in [9.17, 15) is 0 Å². The SMILES string of the molecule is CN=C(NCc1ccco1)N1CCC(Oc2ccccc2)CC1.I. The number of nitrogens with zero attached hydrogens (tertiary/aromatic N) is 2. The molecule has 0 spiro atoms. The van der Waals surface area contributed by atoms with Crippen LogP contribution in [0.1, 0.15) is 18.6 Å². The molecule has 0 atom stereocenters. The third-order valence-corrected chi connectivity index (χ3v) is 4.00. The summed E-state index contributed by atoms with van der Waals surface area (Å²) < 4.78 is 11.4. The average Bonchev–Trinajstić information content (AvgIpc) is 3.11. The van der Waals surface area contributed by atoms with E-state index in [1.165, 1.54) is 0 Å². The quantitative estimate of drug-likeness (QED) is 0.448. The molecule has 1 aromatic heterocycles. The Morgan fingerprint density at radius 2 is 1.96 bits per heavy atom. The van der Waals surface area contributed by atoms with Crippen molar-refractivity contribution >= 4 is 29.9 Å². The number of nitrogens with one attached hydrogen (secondary N) is 1. The van der Waals surface area contributed by atoms with Gasteiger partial charge in [-0.3, -0.25) is 4.99 Å². The summed E-state index contributed by atoms with van der Waals surface area (Å²) in [6.07, 6.45) is 3.95. The maximum Gasteiger partial charge on any atom is 0.194 e. The van der Waals surface area contributed by atoms with Crippen LogP contribution in [0.3, 0.4) is 0 Å². The minimum absolute atomic E-state index is 0. The van der Waals surface area contributed by atoms with Crippen molar-refractivity contribution in [3.8, 4) is 5.75 Å². The highest BCUT2D eigenvalue weighted by Crippen LogP contribution is 2.18. The number of likely N-dealkylation sites (tertiary alicyclic amines) is 1. The van der Waals surface area contributed by atoms with Crippen LogP contribution < -0.4 is 10.1 Å². The normalized spacial score (nSPS) is 15.7. The molecule has 0 aliphatic carbocycles. The predicted octanol–water partition coefficient (Wildman–Crippen LogP) is 3.52. The zero-order valence-corrected chi connectivity index (χ0v) is 16.2. The second kappa shape index (κ2) is 9.56. The second-order valence-electron chi connectivity index (χ2n) is 5.60. The van der Waals surface area contributed by atoms with Gasteiger partial charge in [0.05, 0.1) is 12.8 Å². The van der Waals surface area contributed by atoms with Crippen molar-refractivity contribution in [2.24, 2.45) is 4.99 Å². The van der Waals surface area contributed by atoms with Crippen molar-refractivity contribution in [1.29, 1.82) is 0 Å². The van der Waals surface area contributed by atoms with Gasteiger partial charge in [-0.05, 0) is 24.3 Å². The molecule has 0 unspecified atom stereocenters. The second-order valence-corrected chi connectivity index (χ2v) is 5.60. The van der Waals surface area contributed by atoms with Crippen LogP contribution in [0.2, 0.25) is 0 Å². The lowest BCUT2D eigenvalue weighted by Gasteiger charge is -2.34. The maximum absolute atomic E-state index is 6.03. The van der Waals surface area contributed by atoms with E-state index in [0.717, 1.165) is 43.4 Å². The Kier molecular flexibility index (Phi) is 7.42. The summed E-state index contributed by atoms with van der Waals surface area (Å²) in [5, 5.41) is 3.35. The molecule has 0 bridgehead atoms. The number of piperidine rings is 1. The van der Waals surface area contributed by atoms with Crippen molar-refractivity contribution in [2.45, 2.75) is 25.5 Å². The molecule has 0 saturated carbocycles. The predicted molar refractivity (Wildman–Crippen MR) is 106 cm³/mol. The lowest BCUT2D eigenvalue weighted by atomic mass is 10.1. The number of ether oxygens (including phenoxy) is 1. The highest BCUT2D eigenvalue weighted by atomic mass is 127. The molecule has 2 aromatic rings. The molecule has 0 radical (unpaired) electrons. The summed E-state index contributed by atoms with van der Waals surface area (Å²) in [7, 11) is 1.82. The van der Waals surface area contributed by atoms with E-state index in [1.807, 2.05) is 49.5 Å². The fourth-order valence-electron chi connectivity index (χ4n) is 2.79. The lowest BCUT2D eigenvalue weighted by molar-refractivity contribution is 0.129. The zero-order chi connectivity index (χ0) is 15.9. The number of benzene rings is 1. The fourth-order valence-corrected chi connectivity index (χ4v) is 2.79. The van der Waals surface area contributed by atoms with Gasteiger partial charge in [0.2, 0.25) is 0 Å². The van der Waals surface area contributed by atoms with Crippen LogP contribution in [0.5, 0.6) is 5.75 Å². The Morgan fingerprint density at radius 3 is 2.58 bits per heavy atom. The standard InChI is InChI=1S/C18H23N3O2.HI/c1-19-18(20-14-17-8-5-13-22-17)21-11-9-16(10-12-21)23-15-6-3-2-4-7-15;/h2-8,13,16H,9-12,14H2,1H3,(H,19,20);1H. The van der Waals surface area contributed by atoms with Crippen LogP contribution in [0.25, 0.3) is 0 Å². The summed E-state index contributed by atoms with van der Waals surface area (Å²) in [5.41, 5.74) is 0. The molecular formula is C18H24IN3O2. The smallest absolute Gasteiger partial charge is 0.194 e. The first-order chi connectivity index (χ1) is 11.3. The van der Waals surface area contributed by atoms with E-state index < -0.39 is 0 Å². The monoisotopic (exact) mass is 441 g/mol. The van der Waals surface area contributed by atoms with Gasteiger partial charge in [-0.25, -0.2) is 0 Å². The third-order valence-electron chi connectivity index (χ3n) is 4.00. The van der Waals surface area contributed by atoms with Gasteiger partial charge in [-0.15, -0.1) is 24.0 Å². The molecular weight excluding hydrogens is 417 g/mol. The minimum Gasteiger partial charge on any atom is -0.490 e. The van der Waals surface area contributed by atoms with Gasteiger partial charge in [-0.1, -0.05) is 18.2 Å². The van der Waals surface area contributed by atoms with Gasteiger partial charge < -0.3 is 19.4 Å². The number of hydrogen-bond acceptors (Lipinski definition) is 3. The topological polar surface area (TPSA) is 50.0 Å². The number of aliphatic imine (C=N–C) groups is 1. The van der Waals surface area contributed by atoms with Gasteiger partial charge in [0, 0.05) is 33.0 Å². The fraction of sp³-hybridized carbons (Fsp3) is 0.389. The molecule has 5 nitrogen and oxygen atoms in total. The number of hydrogen-bond donors (Lipinski definition) is 1. The summed E-state index contributed by atoms with van der Waals surface area (Å²) in [5.74, 6) is 2.78. The van der Waals surface area contributed by atoms with Crippen LogP contribution in [0.15, 0.2) is 58.1 Å². The molecule has 1 aliphatic rings. The highest BCUT2D eigenvalue weighted by molar-refractivity contribution is 14.0. The van der Waals surface area contributed by atoms with E-state index in [2.05, 4.69) is 15.2 Å². The van der Waals surface area contributed by atoms with Gasteiger partial charge in [0.15, 0.2) is 5.96 Å². The van der Waals surface area contributed by atoms with E-state index in [4.69, 9.17) is 9.15 Å². The van der Waals surface area contributed by atoms with E-state index in [-0.39, 0.29) is 30.1 Å². The molecule has 1 saturated heterocycles.